The largest absolute Gasteiger partial charge is 0.459 e. The number of amides is 1. The van der Waals surface area contributed by atoms with Crippen LogP contribution in [0.3, 0.4) is 0 Å². The maximum Gasteiger partial charge on any atom is 0.226 e. The van der Waals surface area contributed by atoms with Crippen LogP contribution >= 0.6 is 34.5 Å². The molecule has 0 fully saturated rings. The van der Waals surface area contributed by atoms with Crippen LogP contribution < -0.4 is 5.32 Å². The van der Waals surface area contributed by atoms with Crippen LogP contribution in [0.25, 0.3) is 10.8 Å². The number of nitrogens with one attached hydrogen (secondary N) is 1. The summed E-state index contributed by atoms with van der Waals surface area (Å²) in [5, 5.41) is 5.57. The lowest BCUT2D eigenvalue weighted by atomic mass is 10.1. The third-order valence-electron chi connectivity index (χ3n) is 3.73. The van der Waals surface area contributed by atoms with Crippen molar-refractivity contribution in [3.63, 3.8) is 0 Å². The van der Waals surface area contributed by atoms with Crippen LogP contribution in [0.1, 0.15) is 30.0 Å². The molecule has 0 saturated carbocycles. The van der Waals surface area contributed by atoms with E-state index in [0.29, 0.717) is 22.0 Å². The van der Waals surface area contributed by atoms with Gasteiger partial charge in [0.2, 0.25) is 5.91 Å². The number of thiazole rings is 1. The van der Waals surface area contributed by atoms with Crippen LogP contribution in [0.15, 0.2) is 34.1 Å². The Balaban J connectivity index is 1.66. The molecule has 1 aromatic carbocycles. The van der Waals surface area contributed by atoms with Crippen LogP contribution in [0, 0.1) is 12.7 Å². The number of carbonyl (C=O) groups is 1. The third kappa shape index (κ3) is 4.26. The quantitative estimate of drug-likeness (QED) is 0.556. The SMILES string of the molecule is Cc1ccc(-c2nc(CC(=O)NC(C)c3cc(F)c(Cl)cc3Cl)cs2)o1. The number of hydrogen-bond acceptors (Lipinski definition) is 4. The van der Waals surface area contributed by atoms with Gasteiger partial charge in [-0.3, -0.25) is 4.79 Å². The van der Waals surface area contributed by atoms with Gasteiger partial charge in [-0.25, -0.2) is 9.37 Å². The number of nitrogens with zero attached hydrogens (tertiary/aromatic N) is 1. The fourth-order valence-corrected chi connectivity index (χ4v) is 3.78. The average molecular weight is 413 g/mol. The first-order chi connectivity index (χ1) is 12.3. The van der Waals surface area contributed by atoms with E-state index in [4.69, 9.17) is 27.6 Å². The number of aromatic nitrogens is 1. The van der Waals surface area contributed by atoms with Crippen LogP contribution in [0.4, 0.5) is 4.39 Å². The molecule has 136 valence electrons. The van der Waals surface area contributed by atoms with Gasteiger partial charge >= 0.3 is 0 Å². The number of hydrogen-bond donors (Lipinski definition) is 1. The summed E-state index contributed by atoms with van der Waals surface area (Å²) in [5.41, 5.74) is 1.10. The molecule has 2 heterocycles. The monoisotopic (exact) mass is 412 g/mol. The Morgan fingerprint density at radius 2 is 2.12 bits per heavy atom. The molecule has 0 bridgehead atoms. The number of aryl methyl sites for hydroxylation is 1. The van der Waals surface area contributed by atoms with Crippen molar-refractivity contribution >= 4 is 40.4 Å². The molecule has 1 atom stereocenters. The third-order valence-corrected chi connectivity index (χ3v) is 5.25. The number of benzene rings is 1. The highest BCUT2D eigenvalue weighted by atomic mass is 35.5. The predicted molar refractivity (Wildman–Crippen MR) is 101 cm³/mol. The molecule has 0 aliphatic rings. The highest BCUT2D eigenvalue weighted by molar-refractivity contribution is 7.13. The van der Waals surface area contributed by atoms with E-state index in [-0.39, 0.29) is 17.4 Å². The lowest BCUT2D eigenvalue weighted by molar-refractivity contribution is -0.121. The van der Waals surface area contributed by atoms with Crippen molar-refractivity contribution in [2.45, 2.75) is 26.3 Å². The Morgan fingerprint density at radius 3 is 2.81 bits per heavy atom. The minimum Gasteiger partial charge on any atom is -0.459 e. The first-order valence-electron chi connectivity index (χ1n) is 7.78. The summed E-state index contributed by atoms with van der Waals surface area (Å²) in [6, 6.07) is 5.80. The van der Waals surface area contributed by atoms with E-state index < -0.39 is 11.9 Å². The second-order valence-electron chi connectivity index (χ2n) is 5.81. The van der Waals surface area contributed by atoms with Crippen LogP contribution in [-0.4, -0.2) is 10.9 Å². The molecular weight excluding hydrogens is 398 g/mol. The highest BCUT2D eigenvalue weighted by Gasteiger charge is 2.17. The summed E-state index contributed by atoms with van der Waals surface area (Å²) in [6.07, 6.45) is 0.105. The zero-order valence-corrected chi connectivity index (χ0v) is 16.3. The normalized spacial score (nSPS) is 12.2. The van der Waals surface area contributed by atoms with E-state index in [0.717, 1.165) is 10.8 Å². The Labute approximate surface area is 164 Å². The first kappa shape index (κ1) is 18.9. The number of rotatable bonds is 5. The summed E-state index contributed by atoms with van der Waals surface area (Å²) in [4.78, 5) is 16.7. The van der Waals surface area contributed by atoms with Crippen molar-refractivity contribution in [1.82, 2.24) is 10.3 Å². The molecule has 4 nitrogen and oxygen atoms in total. The van der Waals surface area contributed by atoms with Gasteiger partial charge in [0.05, 0.1) is 23.2 Å². The van der Waals surface area contributed by atoms with Gasteiger partial charge in [-0.15, -0.1) is 11.3 Å². The molecule has 1 N–H and O–H groups in total. The van der Waals surface area contributed by atoms with Crippen molar-refractivity contribution < 1.29 is 13.6 Å². The summed E-state index contributed by atoms with van der Waals surface area (Å²) in [6.45, 7) is 3.59. The molecule has 3 aromatic rings. The summed E-state index contributed by atoms with van der Waals surface area (Å²) in [7, 11) is 0. The number of carbonyl (C=O) groups excluding carboxylic acids is 1. The molecule has 0 aliphatic heterocycles. The maximum absolute atomic E-state index is 13.6. The topological polar surface area (TPSA) is 55.1 Å². The van der Waals surface area contributed by atoms with Crippen LogP contribution in [0.5, 0.6) is 0 Å². The molecule has 0 spiro atoms. The first-order valence-corrected chi connectivity index (χ1v) is 9.42. The van der Waals surface area contributed by atoms with Crippen molar-refractivity contribution in [2.75, 3.05) is 0 Å². The van der Waals surface area contributed by atoms with Gasteiger partial charge in [0.1, 0.15) is 11.6 Å². The molecule has 3 rings (SSSR count). The lowest BCUT2D eigenvalue weighted by Gasteiger charge is -2.16. The van der Waals surface area contributed by atoms with E-state index in [1.807, 2.05) is 24.4 Å². The van der Waals surface area contributed by atoms with Crippen LogP contribution in [0.2, 0.25) is 10.0 Å². The Morgan fingerprint density at radius 1 is 1.35 bits per heavy atom. The van der Waals surface area contributed by atoms with E-state index in [1.54, 1.807) is 6.92 Å². The fourth-order valence-electron chi connectivity index (χ4n) is 2.46. The van der Waals surface area contributed by atoms with Gasteiger partial charge < -0.3 is 9.73 Å². The van der Waals surface area contributed by atoms with Gasteiger partial charge in [-0.2, -0.15) is 0 Å². The van der Waals surface area contributed by atoms with Gasteiger partial charge in [0.25, 0.3) is 0 Å². The van der Waals surface area contributed by atoms with Gasteiger partial charge in [0.15, 0.2) is 10.8 Å². The van der Waals surface area contributed by atoms with E-state index in [2.05, 4.69) is 10.3 Å². The molecule has 0 saturated heterocycles. The van der Waals surface area contributed by atoms with Gasteiger partial charge in [0, 0.05) is 10.4 Å². The maximum atomic E-state index is 13.6. The molecule has 8 heteroatoms. The average Bonchev–Trinajstić information content (AvgIpc) is 3.19. The van der Waals surface area contributed by atoms with E-state index in [9.17, 15) is 9.18 Å². The standard InChI is InChI=1S/C18H15Cl2FN2O2S/c1-9-3-4-16(25-9)18-23-11(8-26-18)5-17(24)22-10(2)12-6-15(21)14(20)7-13(12)19/h3-4,6-8,10H,5H2,1-2H3,(H,22,24). The predicted octanol–water partition coefficient (Wildman–Crippen LogP) is 5.58. The van der Waals surface area contributed by atoms with Crippen molar-refractivity contribution in [1.29, 1.82) is 0 Å². The number of furan rings is 1. The highest BCUT2D eigenvalue weighted by Crippen LogP contribution is 2.29. The molecule has 2 aromatic heterocycles. The minimum absolute atomic E-state index is 0.0551. The Bertz CT molecular complexity index is 955. The smallest absolute Gasteiger partial charge is 0.226 e. The molecule has 1 unspecified atom stereocenters. The summed E-state index contributed by atoms with van der Waals surface area (Å²) < 4.78 is 19.2. The minimum atomic E-state index is -0.579. The zero-order chi connectivity index (χ0) is 18.8. The summed E-state index contributed by atoms with van der Waals surface area (Å²) >= 11 is 13.2. The number of halogens is 3. The van der Waals surface area contributed by atoms with Gasteiger partial charge in [-0.1, -0.05) is 23.2 Å². The molecule has 26 heavy (non-hydrogen) atoms. The van der Waals surface area contributed by atoms with Crippen molar-refractivity contribution in [3.8, 4) is 10.8 Å². The Hall–Kier alpha value is -1.89. The van der Waals surface area contributed by atoms with Crippen LogP contribution in [-0.2, 0) is 11.2 Å². The summed E-state index contributed by atoms with van der Waals surface area (Å²) in [5.74, 6) is 0.660. The second-order valence-corrected chi connectivity index (χ2v) is 7.48. The lowest BCUT2D eigenvalue weighted by Crippen LogP contribution is -2.28. The fraction of sp³-hybridized carbons (Fsp3) is 0.222. The Kier molecular flexibility index (Phi) is 5.65. The van der Waals surface area contributed by atoms with E-state index in [1.165, 1.54) is 23.5 Å². The van der Waals surface area contributed by atoms with E-state index >= 15 is 0 Å². The molecule has 1 amide bonds. The zero-order valence-electron chi connectivity index (χ0n) is 14.0. The van der Waals surface area contributed by atoms with Crippen molar-refractivity contribution in [2.24, 2.45) is 0 Å². The molecule has 0 aliphatic carbocycles. The van der Waals surface area contributed by atoms with Crippen molar-refractivity contribution in [3.05, 3.63) is 62.5 Å². The molecule has 0 radical (unpaired) electrons. The second kappa shape index (κ2) is 7.78. The molecular formula is C18H15Cl2FN2O2S. The van der Waals surface area contributed by atoms with Gasteiger partial charge in [-0.05, 0) is 43.7 Å².